The minimum absolute atomic E-state index is 0.375. The highest BCUT2D eigenvalue weighted by atomic mass is 16.5. The molecule has 96 valence electrons. The van der Waals surface area contributed by atoms with Gasteiger partial charge in [0, 0.05) is 12.3 Å². The molecule has 1 atom stereocenters. The Balaban J connectivity index is 1.94. The molecule has 1 aromatic carbocycles. The SMILES string of the molecule is CCC(C)c1ccc(OCn2ccc(N)n2)cc1. The maximum absolute atomic E-state index is 5.62. The van der Waals surface area contributed by atoms with Gasteiger partial charge in [0.1, 0.15) is 11.6 Å². The van der Waals surface area contributed by atoms with Gasteiger partial charge < -0.3 is 10.5 Å². The third-order valence-electron chi connectivity index (χ3n) is 3.09. The summed E-state index contributed by atoms with van der Waals surface area (Å²) < 4.78 is 7.28. The van der Waals surface area contributed by atoms with Crippen LogP contribution in [0.1, 0.15) is 31.7 Å². The molecule has 1 heterocycles. The van der Waals surface area contributed by atoms with Crippen LogP contribution in [0.25, 0.3) is 0 Å². The average molecular weight is 245 g/mol. The molecule has 0 aliphatic heterocycles. The van der Waals surface area contributed by atoms with E-state index >= 15 is 0 Å². The maximum atomic E-state index is 5.62. The summed E-state index contributed by atoms with van der Waals surface area (Å²) in [6, 6.07) is 9.96. The fraction of sp³-hybridized carbons (Fsp3) is 0.357. The minimum Gasteiger partial charge on any atom is -0.471 e. The van der Waals surface area contributed by atoms with Crippen molar-refractivity contribution in [3.63, 3.8) is 0 Å². The Morgan fingerprint density at radius 2 is 2.00 bits per heavy atom. The second-order valence-electron chi connectivity index (χ2n) is 4.43. The first kappa shape index (κ1) is 12.5. The predicted octanol–water partition coefficient (Wildman–Crippen LogP) is 3.02. The monoisotopic (exact) mass is 245 g/mol. The molecular formula is C14H19N3O. The molecule has 0 fully saturated rings. The largest absolute Gasteiger partial charge is 0.471 e. The first-order valence-electron chi connectivity index (χ1n) is 6.20. The van der Waals surface area contributed by atoms with Crippen molar-refractivity contribution in [2.75, 3.05) is 5.73 Å². The zero-order chi connectivity index (χ0) is 13.0. The van der Waals surface area contributed by atoms with Crippen molar-refractivity contribution in [2.45, 2.75) is 32.9 Å². The summed E-state index contributed by atoms with van der Waals surface area (Å²) >= 11 is 0. The van der Waals surface area contributed by atoms with Gasteiger partial charge in [0.05, 0.1) is 0 Å². The average Bonchev–Trinajstić information content (AvgIpc) is 2.82. The number of aromatic nitrogens is 2. The van der Waals surface area contributed by atoms with E-state index in [-0.39, 0.29) is 0 Å². The standard InChI is InChI=1S/C14H19N3O/c1-3-11(2)12-4-6-13(7-5-12)18-10-17-9-8-14(15)16-17/h4-9,11H,3,10H2,1-2H3,(H2,15,16). The Bertz CT molecular complexity index is 490. The van der Waals surface area contributed by atoms with E-state index in [0.29, 0.717) is 18.5 Å². The number of nitrogens with two attached hydrogens (primary N) is 1. The fourth-order valence-corrected chi connectivity index (χ4v) is 1.72. The lowest BCUT2D eigenvalue weighted by molar-refractivity contribution is 0.221. The van der Waals surface area contributed by atoms with Crippen molar-refractivity contribution >= 4 is 5.82 Å². The molecule has 4 heteroatoms. The third-order valence-corrected chi connectivity index (χ3v) is 3.09. The highest BCUT2D eigenvalue weighted by molar-refractivity contribution is 5.29. The molecule has 2 aromatic rings. The van der Waals surface area contributed by atoms with E-state index in [1.54, 1.807) is 16.9 Å². The summed E-state index contributed by atoms with van der Waals surface area (Å²) in [5.74, 6) is 1.94. The number of nitrogen functional groups attached to an aromatic ring is 1. The van der Waals surface area contributed by atoms with Gasteiger partial charge in [-0.05, 0) is 30.0 Å². The third kappa shape index (κ3) is 3.03. The van der Waals surface area contributed by atoms with E-state index in [9.17, 15) is 0 Å². The normalized spacial score (nSPS) is 12.3. The van der Waals surface area contributed by atoms with Gasteiger partial charge in [-0.3, -0.25) is 0 Å². The fourth-order valence-electron chi connectivity index (χ4n) is 1.72. The van der Waals surface area contributed by atoms with Crippen molar-refractivity contribution in [2.24, 2.45) is 0 Å². The van der Waals surface area contributed by atoms with Gasteiger partial charge in [-0.15, -0.1) is 0 Å². The van der Waals surface area contributed by atoms with Gasteiger partial charge in [-0.2, -0.15) is 5.10 Å². The van der Waals surface area contributed by atoms with Crippen LogP contribution < -0.4 is 10.5 Å². The van der Waals surface area contributed by atoms with Crippen molar-refractivity contribution in [1.29, 1.82) is 0 Å². The lowest BCUT2D eigenvalue weighted by Crippen LogP contribution is -2.06. The van der Waals surface area contributed by atoms with E-state index < -0.39 is 0 Å². The van der Waals surface area contributed by atoms with Crippen LogP contribution in [0.5, 0.6) is 5.75 Å². The van der Waals surface area contributed by atoms with Crippen LogP contribution in [0.3, 0.4) is 0 Å². The van der Waals surface area contributed by atoms with Crippen LogP contribution in [0, 0.1) is 0 Å². The summed E-state index contributed by atoms with van der Waals surface area (Å²) in [4.78, 5) is 0. The smallest absolute Gasteiger partial charge is 0.180 e. The Kier molecular flexibility index (Phi) is 3.87. The topological polar surface area (TPSA) is 53.1 Å². The molecule has 2 rings (SSSR count). The van der Waals surface area contributed by atoms with Crippen LogP contribution in [-0.2, 0) is 6.73 Å². The van der Waals surface area contributed by atoms with Gasteiger partial charge in [0.2, 0.25) is 0 Å². The van der Waals surface area contributed by atoms with Gasteiger partial charge in [-0.25, -0.2) is 4.68 Å². The number of ether oxygens (including phenoxy) is 1. The molecule has 18 heavy (non-hydrogen) atoms. The number of benzene rings is 1. The zero-order valence-corrected chi connectivity index (χ0v) is 10.8. The lowest BCUT2D eigenvalue weighted by Gasteiger charge is -2.10. The molecule has 0 amide bonds. The van der Waals surface area contributed by atoms with E-state index in [4.69, 9.17) is 10.5 Å². The first-order valence-corrected chi connectivity index (χ1v) is 6.20. The summed E-state index contributed by atoms with van der Waals surface area (Å²) in [6.07, 6.45) is 2.94. The maximum Gasteiger partial charge on any atom is 0.180 e. The zero-order valence-electron chi connectivity index (χ0n) is 10.8. The van der Waals surface area contributed by atoms with Crippen LogP contribution >= 0.6 is 0 Å². The van der Waals surface area contributed by atoms with Gasteiger partial charge in [0.15, 0.2) is 6.73 Å². The molecule has 0 saturated carbocycles. The molecule has 0 spiro atoms. The van der Waals surface area contributed by atoms with Crippen LogP contribution in [0.15, 0.2) is 36.5 Å². The van der Waals surface area contributed by atoms with Crippen molar-refractivity contribution in [3.8, 4) is 5.75 Å². The highest BCUT2D eigenvalue weighted by Gasteiger charge is 2.03. The van der Waals surface area contributed by atoms with Crippen molar-refractivity contribution in [3.05, 3.63) is 42.1 Å². The quantitative estimate of drug-likeness (QED) is 0.881. The molecule has 4 nitrogen and oxygen atoms in total. The Labute approximate surface area is 107 Å². The second kappa shape index (κ2) is 5.58. The van der Waals surface area contributed by atoms with Crippen molar-refractivity contribution < 1.29 is 4.74 Å². The van der Waals surface area contributed by atoms with Gasteiger partial charge >= 0.3 is 0 Å². The Morgan fingerprint density at radius 3 is 2.56 bits per heavy atom. The number of hydrogen-bond donors (Lipinski definition) is 1. The molecule has 0 bridgehead atoms. The van der Waals surface area contributed by atoms with Crippen LogP contribution in [0.4, 0.5) is 5.82 Å². The summed E-state index contributed by atoms with van der Waals surface area (Å²) in [5, 5.41) is 4.05. The number of hydrogen-bond acceptors (Lipinski definition) is 3. The molecule has 0 aliphatic carbocycles. The van der Waals surface area contributed by atoms with E-state index in [1.807, 2.05) is 12.1 Å². The van der Waals surface area contributed by atoms with Gasteiger partial charge in [-0.1, -0.05) is 26.0 Å². The highest BCUT2D eigenvalue weighted by Crippen LogP contribution is 2.21. The number of rotatable bonds is 5. The van der Waals surface area contributed by atoms with E-state index in [2.05, 4.69) is 31.1 Å². The summed E-state index contributed by atoms with van der Waals surface area (Å²) in [5.41, 5.74) is 6.87. The van der Waals surface area contributed by atoms with Crippen LogP contribution in [0.2, 0.25) is 0 Å². The molecule has 0 saturated heterocycles. The molecule has 2 N–H and O–H groups in total. The number of anilines is 1. The molecule has 1 unspecified atom stereocenters. The minimum atomic E-state index is 0.375. The molecular weight excluding hydrogens is 226 g/mol. The van der Waals surface area contributed by atoms with Crippen molar-refractivity contribution in [1.82, 2.24) is 9.78 Å². The first-order chi connectivity index (χ1) is 8.69. The van der Waals surface area contributed by atoms with Gasteiger partial charge in [0.25, 0.3) is 0 Å². The lowest BCUT2D eigenvalue weighted by atomic mass is 9.99. The molecule has 0 radical (unpaired) electrons. The Morgan fingerprint density at radius 1 is 1.28 bits per heavy atom. The number of nitrogens with zero attached hydrogens (tertiary/aromatic N) is 2. The van der Waals surface area contributed by atoms with Crippen LogP contribution in [-0.4, -0.2) is 9.78 Å². The predicted molar refractivity (Wildman–Crippen MR) is 72.4 cm³/mol. The molecule has 1 aromatic heterocycles. The summed E-state index contributed by atoms with van der Waals surface area (Å²) in [7, 11) is 0. The Hall–Kier alpha value is -1.97. The van der Waals surface area contributed by atoms with E-state index in [1.165, 1.54) is 5.56 Å². The summed E-state index contributed by atoms with van der Waals surface area (Å²) in [6.45, 7) is 4.79. The molecule has 0 aliphatic rings. The van der Waals surface area contributed by atoms with E-state index in [0.717, 1.165) is 12.2 Å². The second-order valence-corrected chi connectivity index (χ2v) is 4.43.